The van der Waals surface area contributed by atoms with Gasteiger partial charge in [0.25, 0.3) is 5.91 Å². The molecule has 112 valence electrons. The standard InChI is InChI=1S/C19H15N3O/c23-19-15-9-4-5-11-17(15)22(13-14-7-2-1-3-8-14)18-16(21-19)10-6-12-20-18/h1-12H,13H2,(H,21,23). The molecule has 3 aromatic rings. The van der Waals surface area contributed by atoms with Crippen LogP contribution in [0, 0.1) is 0 Å². The maximum Gasteiger partial charge on any atom is 0.257 e. The smallest absolute Gasteiger partial charge is 0.257 e. The summed E-state index contributed by atoms with van der Waals surface area (Å²) in [5.74, 6) is 0.653. The maximum absolute atomic E-state index is 12.5. The highest BCUT2D eigenvalue weighted by atomic mass is 16.1. The summed E-state index contributed by atoms with van der Waals surface area (Å²) in [4.78, 5) is 19.1. The molecule has 2 aromatic carbocycles. The number of benzene rings is 2. The van der Waals surface area contributed by atoms with Crippen LogP contribution >= 0.6 is 0 Å². The van der Waals surface area contributed by atoms with E-state index in [1.165, 1.54) is 0 Å². The van der Waals surface area contributed by atoms with Crippen LogP contribution in [0.1, 0.15) is 15.9 Å². The van der Waals surface area contributed by atoms with Crippen LogP contribution in [0.5, 0.6) is 0 Å². The van der Waals surface area contributed by atoms with E-state index in [4.69, 9.17) is 0 Å². The summed E-state index contributed by atoms with van der Waals surface area (Å²) in [6.45, 7) is 0.650. The van der Waals surface area contributed by atoms with Crippen molar-refractivity contribution in [2.75, 3.05) is 10.2 Å². The monoisotopic (exact) mass is 301 g/mol. The Morgan fingerprint density at radius 1 is 0.913 bits per heavy atom. The van der Waals surface area contributed by atoms with Gasteiger partial charge in [-0.05, 0) is 29.8 Å². The van der Waals surface area contributed by atoms with Crippen molar-refractivity contribution in [1.29, 1.82) is 0 Å². The Morgan fingerprint density at radius 3 is 2.57 bits per heavy atom. The molecule has 1 N–H and O–H groups in total. The first kappa shape index (κ1) is 13.5. The van der Waals surface area contributed by atoms with Gasteiger partial charge in [0.05, 0.1) is 16.9 Å². The molecule has 1 aliphatic rings. The number of aromatic nitrogens is 1. The first-order chi connectivity index (χ1) is 11.3. The van der Waals surface area contributed by atoms with Gasteiger partial charge in [-0.3, -0.25) is 4.79 Å². The van der Waals surface area contributed by atoms with Crippen LogP contribution in [-0.2, 0) is 6.54 Å². The van der Waals surface area contributed by atoms with Gasteiger partial charge in [-0.2, -0.15) is 0 Å². The Labute approximate surface area is 134 Å². The molecule has 0 fully saturated rings. The number of nitrogens with one attached hydrogen (secondary N) is 1. The molecule has 1 aromatic heterocycles. The lowest BCUT2D eigenvalue weighted by Crippen LogP contribution is -2.18. The van der Waals surface area contributed by atoms with E-state index in [0.717, 1.165) is 22.8 Å². The molecule has 0 radical (unpaired) electrons. The van der Waals surface area contributed by atoms with Crippen LogP contribution in [0.15, 0.2) is 72.9 Å². The summed E-state index contributed by atoms with van der Waals surface area (Å²) in [6.07, 6.45) is 1.75. The molecule has 23 heavy (non-hydrogen) atoms. The SMILES string of the molecule is O=C1Nc2cccnc2N(Cc2ccccc2)c2ccccc21. The second-order valence-electron chi connectivity index (χ2n) is 5.42. The van der Waals surface area contributed by atoms with Crippen molar-refractivity contribution < 1.29 is 4.79 Å². The Bertz CT molecular complexity index is 861. The second kappa shape index (κ2) is 5.57. The zero-order valence-electron chi connectivity index (χ0n) is 12.4. The Morgan fingerprint density at radius 2 is 1.70 bits per heavy atom. The third-order valence-electron chi connectivity index (χ3n) is 3.91. The van der Waals surface area contributed by atoms with Gasteiger partial charge in [-0.15, -0.1) is 0 Å². The van der Waals surface area contributed by atoms with E-state index in [1.807, 2.05) is 54.6 Å². The predicted molar refractivity (Wildman–Crippen MR) is 90.9 cm³/mol. The fourth-order valence-corrected chi connectivity index (χ4v) is 2.84. The lowest BCUT2D eigenvalue weighted by atomic mass is 10.1. The molecule has 1 amide bonds. The van der Waals surface area contributed by atoms with Crippen LogP contribution < -0.4 is 10.2 Å². The lowest BCUT2D eigenvalue weighted by Gasteiger charge is -2.24. The third-order valence-corrected chi connectivity index (χ3v) is 3.91. The number of hydrogen-bond acceptors (Lipinski definition) is 3. The van der Waals surface area contributed by atoms with E-state index in [0.29, 0.717) is 12.1 Å². The fourth-order valence-electron chi connectivity index (χ4n) is 2.84. The quantitative estimate of drug-likeness (QED) is 0.778. The number of rotatable bonds is 2. The molecule has 4 rings (SSSR count). The van der Waals surface area contributed by atoms with E-state index < -0.39 is 0 Å². The van der Waals surface area contributed by atoms with Crippen LogP contribution in [0.2, 0.25) is 0 Å². The second-order valence-corrected chi connectivity index (χ2v) is 5.42. The largest absolute Gasteiger partial charge is 0.319 e. The molecule has 0 saturated carbocycles. The molecule has 1 aliphatic heterocycles. The van der Waals surface area contributed by atoms with E-state index >= 15 is 0 Å². The van der Waals surface area contributed by atoms with Gasteiger partial charge in [-0.1, -0.05) is 42.5 Å². The van der Waals surface area contributed by atoms with Crippen molar-refractivity contribution in [1.82, 2.24) is 4.98 Å². The van der Waals surface area contributed by atoms with Gasteiger partial charge < -0.3 is 10.2 Å². The zero-order chi connectivity index (χ0) is 15.6. The van der Waals surface area contributed by atoms with E-state index in [2.05, 4.69) is 27.3 Å². The van der Waals surface area contributed by atoms with E-state index in [1.54, 1.807) is 6.20 Å². The average molecular weight is 301 g/mol. The minimum atomic E-state index is -0.106. The van der Waals surface area contributed by atoms with Crippen molar-refractivity contribution in [2.45, 2.75) is 6.54 Å². The van der Waals surface area contributed by atoms with Gasteiger partial charge in [0, 0.05) is 12.7 Å². The topological polar surface area (TPSA) is 45.2 Å². The predicted octanol–water partition coefficient (Wildman–Crippen LogP) is 3.99. The maximum atomic E-state index is 12.5. The van der Waals surface area contributed by atoms with E-state index in [-0.39, 0.29) is 5.91 Å². The third kappa shape index (κ3) is 2.44. The van der Waals surface area contributed by atoms with Crippen molar-refractivity contribution >= 4 is 23.1 Å². The minimum Gasteiger partial charge on any atom is -0.319 e. The van der Waals surface area contributed by atoms with Gasteiger partial charge in [-0.25, -0.2) is 4.98 Å². The van der Waals surface area contributed by atoms with Crippen LogP contribution in [0.3, 0.4) is 0 Å². The van der Waals surface area contributed by atoms with Gasteiger partial charge in [0.2, 0.25) is 0 Å². The van der Waals surface area contributed by atoms with Gasteiger partial charge in [0.15, 0.2) is 5.82 Å². The number of carbonyl (C=O) groups is 1. The van der Waals surface area contributed by atoms with Crippen molar-refractivity contribution in [2.24, 2.45) is 0 Å². The lowest BCUT2D eigenvalue weighted by molar-refractivity contribution is 0.102. The van der Waals surface area contributed by atoms with Crippen molar-refractivity contribution in [3.63, 3.8) is 0 Å². The number of pyridine rings is 1. The number of amides is 1. The highest BCUT2D eigenvalue weighted by Gasteiger charge is 2.25. The number of para-hydroxylation sites is 1. The van der Waals surface area contributed by atoms with E-state index in [9.17, 15) is 4.79 Å². The zero-order valence-corrected chi connectivity index (χ0v) is 12.4. The number of carbonyl (C=O) groups excluding carboxylic acids is 1. The Hall–Kier alpha value is -3.14. The molecule has 0 unspecified atom stereocenters. The first-order valence-electron chi connectivity index (χ1n) is 7.50. The van der Waals surface area contributed by atoms with Crippen molar-refractivity contribution in [3.05, 3.63) is 84.1 Å². The molecular weight excluding hydrogens is 286 g/mol. The molecule has 0 aliphatic carbocycles. The number of nitrogens with zero attached hydrogens (tertiary/aromatic N) is 2. The van der Waals surface area contributed by atoms with Gasteiger partial charge in [0.1, 0.15) is 0 Å². The van der Waals surface area contributed by atoms with Crippen LogP contribution in [0.25, 0.3) is 0 Å². The Kier molecular flexibility index (Phi) is 3.27. The summed E-state index contributed by atoms with van der Waals surface area (Å²) in [6, 6.07) is 21.5. The summed E-state index contributed by atoms with van der Waals surface area (Å²) in [7, 11) is 0. The number of fused-ring (bicyclic) bond motifs is 2. The molecule has 0 saturated heterocycles. The fraction of sp³-hybridized carbons (Fsp3) is 0.0526. The number of anilines is 3. The molecular formula is C19H15N3O. The average Bonchev–Trinajstić information content (AvgIpc) is 2.72. The van der Waals surface area contributed by atoms with Crippen LogP contribution in [-0.4, -0.2) is 10.9 Å². The van der Waals surface area contributed by atoms with Gasteiger partial charge >= 0.3 is 0 Å². The Balaban J connectivity index is 1.89. The molecule has 0 bridgehead atoms. The number of hydrogen-bond donors (Lipinski definition) is 1. The highest BCUT2D eigenvalue weighted by molar-refractivity contribution is 6.11. The summed E-state index contributed by atoms with van der Waals surface area (Å²) < 4.78 is 0. The molecule has 2 heterocycles. The molecule has 0 spiro atoms. The molecule has 0 atom stereocenters. The normalized spacial score (nSPS) is 12.9. The summed E-state index contributed by atoms with van der Waals surface area (Å²) in [5, 5.41) is 2.95. The summed E-state index contributed by atoms with van der Waals surface area (Å²) in [5.41, 5.74) is 3.41. The molecule has 4 heteroatoms. The van der Waals surface area contributed by atoms with Crippen molar-refractivity contribution in [3.8, 4) is 0 Å². The minimum absolute atomic E-state index is 0.106. The molecule has 4 nitrogen and oxygen atoms in total. The highest BCUT2D eigenvalue weighted by Crippen LogP contribution is 2.36. The first-order valence-corrected chi connectivity index (χ1v) is 7.50. The summed E-state index contributed by atoms with van der Waals surface area (Å²) >= 11 is 0. The van der Waals surface area contributed by atoms with Crippen LogP contribution in [0.4, 0.5) is 17.2 Å².